The van der Waals surface area contributed by atoms with E-state index in [4.69, 9.17) is 18.9 Å². The van der Waals surface area contributed by atoms with Crippen molar-refractivity contribution in [2.45, 2.75) is 424 Å². The smallest absolute Gasteiger partial charge is 0.361 e. The van der Waals surface area contributed by atoms with Gasteiger partial charge in [0, 0.05) is 12.8 Å². The van der Waals surface area contributed by atoms with Crippen molar-refractivity contribution in [2.24, 2.45) is 0 Å². The van der Waals surface area contributed by atoms with E-state index in [-0.39, 0.29) is 32.2 Å². The number of hydrogen-bond acceptors (Lipinski definition) is 7. The van der Waals surface area contributed by atoms with Gasteiger partial charge >= 0.3 is 17.9 Å². The van der Waals surface area contributed by atoms with E-state index in [1.54, 1.807) is 0 Å². The summed E-state index contributed by atoms with van der Waals surface area (Å²) in [5.74, 6) is -1.99. The van der Waals surface area contributed by atoms with E-state index in [1.165, 1.54) is 276 Å². The Hall–Kier alpha value is -4.57. The van der Waals surface area contributed by atoms with Crippen LogP contribution in [0.15, 0.2) is 134 Å². The largest absolute Gasteiger partial charge is 0.477 e. The van der Waals surface area contributed by atoms with E-state index in [0.717, 1.165) is 109 Å². The molecule has 0 fully saturated rings. The first-order chi connectivity index (χ1) is 52.6. The van der Waals surface area contributed by atoms with Crippen LogP contribution in [0.5, 0.6) is 0 Å². The number of aliphatic carboxylic acids is 1. The van der Waals surface area contributed by atoms with Gasteiger partial charge in [-0.05, 0) is 116 Å². The van der Waals surface area contributed by atoms with Gasteiger partial charge in [0.2, 0.25) is 0 Å². The van der Waals surface area contributed by atoms with Gasteiger partial charge in [0.25, 0.3) is 6.29 Å². The molecule has 0 spiro atoms. The second kappa shape index (κ2) is 87.0. The van der Waals surface area contributed by atoms with Gasteiger partial charge in [0.1, 0.15) is 13.2 Å². The highest BCUT2D eigenvalue weighted by molar-refractivity contribution is 5.71. The summed E-state index contributed by atoms with van der Waals surface area (Å²) in [7, 11) is 5.99. The Balaban J connectivity index is 3.96. The summed E-state index contributed by atoms with van der Waals surface area (Å²) < 4.78 is 23.1. The summed E-state index contributed by atoms with van der Waals surface area (Å²) in [6, 6.07) is 0. The Morgan fingerprint density at radius 1 is 0.290 bits per heavy atom. The minimum absolute atomic E-state index is 0.183. The van der Waals surface area contributed by atoms with E-state index in [9.17, 15) is 19.5 Å². The van der Waals surface area contributed by atoms with Crippen molar-refractivity contribution < 1.29 is 42.9 Å². The zero-order valence-electron chi connectivity index (χ0n) is 70.8. The number of carbonyl (C=O) groups excluding carboxylic acids is 2. The number of nitrogens with zero attached hydrogens (tertiary/aromatic N) is 1. The minimum atomic E-state index is -1.52. The van der Waals surface area contributed by atoms with Gasteiger partial charge in [-0.3, -0.25) is 9.59 Å². The molecule has 0 aromatic rings. The molecule has 0 aromatic carbocycles. The van der Waals surface area contributed by atoms with Gasteiger partial charge in [-0.15, -0.1) is 0 Å². The van der Waals surface area contributed by atoms with Crippen LogP contribution in [0.1, 0.15) is 412 Å². The number of likely N-dealkylation sites (N-methyl/N-ethyl adjacent to an activating group) is 1. The summed E-state index contributed by atoms with van der Waals surface area (Å²) in [5.41, 5.74) is 0. The van der Waals surface area contributed by atoms with Gasteiger partial charge in [-0.1, -0.05) is 417 Å². The van der Waals surface area contributed by atoms with Crippen LogP contribution in [0.2, 0.25) is 0 Å². The van der Waals surface area contributed by atoms with Crippen LogP contribution in [0.4, 0.5) is 0 Å². The van der Waals surface area contributed by atoms with Crippen LogP contribution in [0.3, 0.4) is 0 Å². The van der Waals surface area contributed by atoms with Gasteiger partial charge in [0.05, 0.1) is 34.4 Å². The monoisotopic (exact) mass is 1490 g/mol. The molecular formula is C98H172NO8+. The van der Waals surface area contributed by atoms with Crippen molar-refractivity contribution in [3.8, 4) is 0 Å². The third-order valence-electron chi connectivity index (χ3n) is 19.9. The lowest BCUT2D eigenvalue weighted by atomic mass is 10.0. The Morgan fingerprint density at radius 3 is 0.794 bits per heavy atom. The van der Waals surface area contributed by atoms with E-state index in [1.807, 2.05) is 21.1 Å². The summed E-state index contributed by atoms with van der Waals surface area (Å²) in [5, 5.41) is 9.80. The molecule has 2 atom stereocenters. The molecule has 0 radical (unpaired) electrons. The molecule has 9 nitrogen and oxygen atoms in total. The molecule has 0 amide bonds. The number of allylic oxidation sites excluding steroid dienone is 22. The highest BCUT2D eigenvalue weighted by Gasteiger charge is 2.25. The fourth-order valence-electron chi connectivity index (χ4n) is 13.0. The highest BCUT2D eigenvalue weighted by Crippen LogP contribution is 2.20. The molecule has 0 aliphatic carbocycles. The molecule has 1 N–H and O–H groups in total. The highest BCUT2D eigenvalue weighted by atomic mass is 16.7. The van der Waals surface area contributed by atoms with Crippen LogP contribution in [-0.2, 0) is 33.3 Å². The van der Waals surface area contributed by atoms with Crippen molar-refractivity contribution >= 4 is 17.9 Å². The quantitative estimate of drug-likeness (QED) is 0.0211. The number of quaternary nitrogens is 1. The summed E-state index contributed by atoms with van der Waals surface area (Å²) >= 11 is 0. The second-order valence-corrected chi connectivity index (χ2v) is 31.5. The van der Waals surface area contributed by atoms with E-state index in [2.05, 4.69) is 148 Å². The first-order valence-corrected chi connectivity index (χ1v) is 45.3. The van der Waals surface area contributed by atoms with Crippen molar-refractivity contribution in [1.29, 1.82) is 0 Å². The first-order valence-electron chi connectivity index (χ1n) is 45.3. The van der Waals surface area contributed by atoms with E-state index >= 15 is 0 Å². The zero-order chi connectivity index (χ0) is 77.4. The summed E-state index contributed by atoms with van der Waals surface area (Å²) in [6.45, 7) is 4.80. The standard InChI is InChI=1S/C98H171NO8/c1-6-8-10-12-14-16-18-20-22-24-26-28-30-32-34-36-38-40-42-44-46-48-50-52-54-56-58-60-62-64-66-68-70-72-74-76-78-80-82-84-86-88-95(100)105-92-94(93-106-98(97(102)103)104-91-90-99(3,4)5)107-96(101)89-87-85-83-81-79-77-75-73-71-69-67-65-63-61-59-57-55-53-51-49-47-45-43-41-39-37-35-33-31-29-27-25-23-21-19-17-15-13-11-9-7-2/h9,11,15,17-18,20-21,23-24,26-27,29,33,35,39,41,45,47,51,53,57,59,94,98H,6-8,10,12-14,16,19,22,25,28,30-32,34,36-38,40,42-44,46,48-50,52,54-56,58,60-93H2,1-5H3/p+1/b11-9-,17-15-,20-18-,23-21-,26-24-,29-27-,35-33-,41-39-,47-45-,53-51-,59-57-. The third-order valence-corrected chi connectivity index (χ3v) is 19.9. The van der Waals surface area contributed by atoms with E-state index in [0.29, 0.717) is 17.4 Å². The number of ether oxygens (including phenoxy) is 4. The van der Waals surface area contributed by atoms with Crippen LogP contribution < -0.4 is 0 Å². The van der Waals surface area contributed by atoms with Crippen LogP contribution >= 0.6 is 0 Å². The molecule has 2 unspecified atom stereocenters. The molecule has 0 saturated heterocycles. The Morgan fingerprint density at radius 2 is 0.533 bits per heavy atom. The molecule has 0 saturated carbocycles. The number of hydrogen-bond donors (Lipinski definition) is 1. The lowest BCUT2D eigenvalue weighted by Gasteiger charge is -2.25. The minimum Gasteiger partial charge on any atom is -0.477 e. The third kappa shape index (κ3) is 88.5. The van der Waals surface area contributed by atoms with Gasteiger partial charge in [0.15, 0.2) is 6.10 Å². The zero-order valence-corrected chi connectivity index (χ0v) is 70.8. The number of unbranched alkanes of at least 4 members (excludes halogenated alkanes) is 47. The van der Waals surface area contributed by atoms with Crippen molar-refractivity contribution in [1.82, 2.24) is 0 Å². The molecule has 0 aromatic heterocycles. The fraction of sp³-hybridized carbons (Fsp3) is 0.745. The number of esters is 2. The molecule has 616 valence electrons. The summed E-state index contributed by atoms with van der Waals surface area (Å²) in [4.78, 5) is 37.8. The topological polar surface area (TPSA) is 108 Å². The first kappa shape index (κ1) is 102. The number of rotatable bonds is 84. The number of carboxylic acid groups (broad SMARTS) is 1. The van der Waals surface area contributed by atoms with Gasteiger partial charge in [-0.2, -0.15) is 0 Å². The second-order valence-electron chi connectivity index (χ2n) is 31.5. The average molecular weight is 1490 g/mol. The van der Waals surface area contributed by atoms with Crippen LogP contribution in [-0.4, -0.2) is 87.4 Å². The van der Waals surface area contributed by atoms with Gasteiger partial charge < -0.3 is 28.5 Å². The molecule has 0 rings (SSSR count). The maximum absolute atomic E-state index is 13.0. The molecule has 0 aliphatic rings. The molecule has 0 heterocycles. The molecular weight excluding hydrogens is 1320 g/mol. The lowest BCUT2D eigenvalue weighted by Crippen LogP contribution is -2.40. The predicted molar refractivity (Wildman–Crippen MR) is 465 cm³/mol. The van der Waals surface area contributed by atoms with Crippen molar-refractivity contribution in [3.05, 3.63) is 134 Å². The number of carboxylic acids is 1. The predicted octanol–water partition coefficient (Wildman–Crippen LogP) is 29.9. The molecule has 107 heavy (non-hydrogen) atoms. The average Bonchev–Trinajstić information content (AvgIpc) is 0.965. The Bertz CT molecular complexity index is 2240. The fourth-order valence-corrected chi connectivity index (χ4v) is 13.0. The van der Waals surface area contributed by atoms with Crippen LogP contribution in [0.25, 0.3) is 0 Å². The molecule has 9 heteroatoms. The lowest BCUT2D eigenvalue weighted by molar-refractivity contribution is -0.870. The van der Waals surface area contributed by atoms with Gasteiger partial charge in [-0.25, -0.2) is 4.79 Å². The maximum atomic E-state index is 13.0. The number of carbonyl (C=O) groups is 3. The van der Waals surface area contributed by atoms with E-state index < -0.39 is 24.3 Å². The van der Waals surface area contributed by atoms with Crippen LogP contribution in [0, 0.1) is 0 Å². The Labute approximate surface area is 662 Å². The molecule has 0 aliphatic heterocycles. The van der Waals surface area contributed by atoms with Crippen molar-refractivity contribution in [3.63, 3.8) is 0 Å². The maximum Gasteiger partial charge on any atom is 0.361 e. The SMILES string of the molecule is CC/C=C\C/C=C\C/C=C\C/C=C\C/C=C\C/C=C\C/C=C\C/C=C\C/C=C\CCCCCCCCCCCCCCCC(=O)OC(COC(=O)CCCCCCCCCCCCCCCCCCCCCCCCCCCCCCC/C=C\C/C=C\CCCCCCC)COC(OCC[N+](C)(C)C)C(=O)O. The Kier molecular flexibility index (Phi) is 83.3. The van der Waals surface area contributed by atoms with Crippen molar-refractivity contribution in [2.75, 3.05) is 47.5 Å². The molecule has 0 bridgehead atoms. The summed E-state index contributed by atoms with van der Waals surface area (Å²) in [6.07, 6.45) is 124. The normalized spacial score (nSPS) is 13.2.